The zero-order valence-corrected chi connectivity index (χ0v) is 18.1. The molecule has 7 nitrogen and oxygen atoms in total. The average molecular weight is 444 g/mol. The van der Waals surface area contributed by atoms with Crippen molar-refractivity contribution in [3.8, 4) is 0 Å². The Balaban J connectivity index is 1.76. The van der Waals surface area contributed by atoms with E-state index in [-0.39, 0.29) is 23.8 Å². The molecule has 168 valence electrons. The molecule has 3 aromatic rings. The van der Waals surface area contributed by atoms with Crippen LogP contribution >= 0.6 is 0 Å². The highest BCUT2D eigenvalue weighted by molar-refractivity contribution is 5.99. The lowest BCUT2D eigenvalue weighted by Gasteiger charge is -2.20. The molecule has 1 atom stereocenters. The molecule has 3 aromatic carbocycles. The molecule has 0 aromatic heterocycles. The molecule has 0 aliphatic heterocycles. The van der Waals surface area contributed by atoms with Gasteiger partial charge in [-0.2, -0.15) is 0 Å². The number of rotatable bonds is 8. The van der Waals surface area contributed by atoms with Crippen LogP contribution in [-0.2, 0) is 4.79 Å². The van der Waals surface area contributed by atoms with Gasteiger partial charge < -0.3 is 10.6 Å². The van der Waals surface area contributed by atoms with Crippen molar-refractivity contribution < 1.29 is 19.6 Å². The molecule has 0 unspecified atom stereocenters. The van der Waals surface area contributed by atoms with Gasteiger partial charge in [-0.05, 0) is 48.4 Å². The zero-order chi connectivity index (χ0) is 23.6. The minimum Gasteiger partial charge on any atom is -0.345 e. The standard InChI is InChI=1S/C26H25N3O4/c1-2-8-18-9-6-7-12-22(18)26(32)28-23(19-10-4-3-5-11-19)17-24(30)27-21-15-13-20(14-16-21)25(31)29-33/h2-16,23,33H,17H2,1H3,(H,27,30)(H,28,32)(H,29,31)/b8-2+/t23-/m0/s1. The average Bonchev–Trinajstić information content (AvgIpc) is 2.84. The molecule has 3 rings (SSSR count). The molecule has 0 radical (unpaired) electrons. The van der Waals surface area contributed by atoms with Crippen LogP contribution < -0.4 is 16.1 Å². The van der Waals surface area contributed by atoms with Crippen molar-refractivity contribution >= 4 is 29.5 Å². The second-order valence-corrected chi connectivity index (χ2v) is 7.29. The number of hydrogen-bond donors (Lipinski definition) is 4. The topological polar surface area (TPSA) is 108 Å². The Morgan fingerprint density at radius 3 is 2.21 bits per heavy atom. The van der Waals surface area contributed by atoms with Crippen LogP contribution in [0.25, 0.3) is 6.08 Å². The maximum Gasteiger partial charge on any atom is 0.274 e. The third kappa shape index (κ3) is 6.38. The fourth-order valence-corrected chi connectivity index (χ4v) is 3.37. The van der Waals surface area contributed by atoms with Crippen LogP contribution in [0.15, 0.2) is 84.9 Å². The molecule has 33 heavy (non-hydrogen) atoms. The number of amides is 3. The first-order valence-electron chi connectivity index (χ1n) is 10.4. The Morgan fingerprint density at radius 2 is 1.55 bits per heavy atom. The van der Waals surface area contributed by atoms with E-state index in [9.17, 15) is 14.4 Å². The highest BCUT2D eigenvalue weighted by Crippen LogP contribution is 2.20. The van der Waals surface area contributed by atoms with E-state index >= 15 is 0 Å². The van der Waals surface area contributed by atoms with Gasteiger partial charge in [-0.15, -0.1) is 0 Å². The van der Waals surface area contributed by atoms with Crippen LogP contribution in [0.4, 0.5) is 5.69 Å². The van der Waals surface area contributed by atoms with Gasteiger partial charge >= 0.3 is 0 Å². The molecule has 0 heterocycles. The van der Waals surface area contributed by atoms with E-state index in [2.05, 4.69) is 10.6 Å². The maximum atomic E-state index is 13.1. The number of hydrogen-bond acceptors (Lipinski definition) is 4. The Kier molecular flexibility index (Phi) is 8.10. The first-order valence-corrected chi connectivity index (χ1v) is 10.4. The molecular weight excluding hydrogens is 418 g/mol. The van der Waals surface area contributed by atoms with Crippen molar-refractivity contribution in [2.75, 3.05) is 5.32 Å². The molecule has 0 spiro atoms. The molecule has 0 aliphatic rings. The van der Waals surface area contributed by atoms with Crippen molar-refractivity contribution in [3.05, 3.63) is 107 Å². The smallest absolute Gasteiger partial charge is 0.274 e. The van der Waals surface area contributed by atoms with Crippen LogP contribution in [0.5, 0.6) is 0 Å². The highest BCUT2D eigenvalue weighted by Gasteiger charge is 2.20. The summed E-state index contributed by atoms with van der Waals surface area (Å²) in [4.78, 5) is 37.3. The zero-order valence-electron chi connectivity index (χ0n) is 18.1. The Bertz CT molecular complexity index is 1140. The van der Waals surface area contributed by atoms with E-state index in [1.165, 1.54) is 12.1 Å². The number of carbonyl (C=O) groups is 3. The van der Waals surface area contributed by atoms with Crippen molar-refractivity contribution in [1.82, 2.24) is 10.8 Å². The summed E-state index contributed by atoms with van der Waals surface area (Å²) in [7, 11) is 0. The summed E-state index contributed by atoms with van der Waals surface area (Å²) >= 11 is 0. The summed E-state index contributed by atoms with van der Waals surface area (Å²) in [6, 6.07) is 22.1. The molecule has 0 saturated carbocycles. The van der Waals surface area contributed by atoms with Gasteiger partial charge in [0.25, 0.3) is 11.8 Å². The summed E-state index contributed by atoms with van der Waals surface area (Å²) < 4.78 is 0. The van der Waals surface area contributed by atoms with E-state index in [1.54, 1.807) is 29.7 Å². The monoisotopic (exact) mass is 443 g/mol. The van der Waals surface area contributed by atoms with Gasteiger partial charge in [-0.1, -0.05) is 60.7 Å². The molecule has 7 heteroatoms. The van der Waals surface area contributed by atoms with Gasteiger partial charge in [0.2, 0.25) is 5.91 Å². The quantitative estimate of drug-likeness (QED) is 0.307. The van der Waals surface area contributed by atoms with Crippen LogP contribution in [0, 0.1) is 0 Å². The van der Waals surface area contributed by atoms with E-state index in [0.717, 1.165) is 11.1 Å². The van der Waals surface area contributed by atoms with E-state index in [0.29, 0.717) is 11.3 Å². The van der Waals surface area contributed by atoms with Gasteiger partial charge in [-0.3, -0.25) is 19.6 Å². The summed E-state index contributed by atoms with van der Waals surface area (Å²) in [6.45, 7) is 1.88. The molecule has 0 saturated heterocycles. The fraction of sp³-hybridized carbons (Fsp3) is 0.115. The first kappa shape index (κ1) is 23.4. The van der Waals surface area contributed by atoms with Gasteiger partial charge in [0.1, 0.15) is 0 Å². The predicted molar refractivity (Wildman–Crippen MR) is 127 cm³/mol. The second kappa shape index (κ2) is 11.4. The summed E-state index contributed by atoms with van der Waals surface area (Å²) in [5.41, 5.74) is 4.42. The Hall–Kier alpha value is -4.23. The number of benzene rings is 3. The molecule has 0 bridgehead atoms. The van der Waals surface area contributed by atoms with Gasteiger partial charge in [0, 0.05) is 16.8 Å². The Morgan fingerprint density at radius 1 is 0.879 bits per heavy atom. The summed E-state index contributed by atoms with van der Waals surface area (Å²) in [5, 5.41) is 14.5. The molecular formula is C26H25N3O4. The largest absolute Gasteiger partial charge is 0.345 e. The second-order valence-electron chi connectivity index (χ2n) is 7.29. The minimum atomic E-state index is -0.641. The molecule has 0 fully saturated rings. The SMILES string of the molecule is C/C=C/c1ccccc1C(=O)N[C@@H](CC(=O)Nc1ccc(C(=O)NO)cc1)c1ccccc1. The van der Waals surface area contributed by atoms with Crippen LogP contribution in [0.1, 0.15) is 51.2 Å². The van der Waals surface area contributed by atoms with Crippen molar-refractivity contribution in [1.29, 1.82) is 0 Å². The van der Waals surface area contributed by atoms with E-state index in [1.807, 2.05) is 61.5 Å². The molecule has 0 aliphatic carbocycles. The number of allylic oxidation sites excluding steroid dienone is 1. The number of hydroxylamine groups is 1. The molecule has 4 N–H and O–H groups in total. The van der Waals surface area contributed by atoms with E-state index in [4.69, 9.17) is 5.21 Å². The fourth-order valence-electron chi connectivity index (χ4n) is 3.37. The lowest BCUT2D eigenvalue weighted by Crippen LogP contribution is -2.32. The van der Waals surface area contributed by atoms with Crippen LogP contribution in [0.2, 0.25) is 0 Å². The third-order valence-corrected chi connectivity index (χ3v) is 4.98. The van der Waals surface area contributed by atoms with E-state index < -0.39 is 11.9 Å². The van der Waals surface area contributed by atoms with Crippen molar-refractivity contribution in [2.24, 2.45) is 0 Å². The lowest BCUT2D eigenvalue weighted by atomic mass is 10.0. The molecule has 3 amide bonds. The summed E-state index contributed by atoms with van der Waals surface area (Å²) in [5.74, 6) is -1.21. The minimum absolute atomic E-state index is 0.0143. The third-order valence-electron chi connectivity index (χ3n) is 4.98. The highest BCUT2D eigenvalue weighted by atomic mass is 16.5. The Labute approximate surface area is 192 Å². The van der Waals surface area contributed by atoms with Crippen LogP contribution in [0.3, 0.4) is 0 Å². The van der Waals surface area contributed by atoms with Gasteiger partial charge in [0.05, 0.1) is 12.5 Å². The first-order chi connectivity index (χ1) is 16.0. The van der Waals surface area contributed by atoms with Gasteiger partial charge in [0.15, 0.2) is 0 Å². The summed E-state index contributed by atoms with van der Waals surface area (Å²) in [6.07, 6.45) is 3.74. The van der Waals surface area contributed by atoms with Crippen LogP contribution in [-0.4, -0.2) is 22.9 Å². The predicted octanol–water partition coefficient (Wildman–Crippen LogP) is 4.34. The van der Waals surface area contributed by atoms with Crippen molar-refractivity contribution in [2.45, 2.75) is 19.4 Å². The van der Waals surface area contributed by atoms with Crippen molar-refractivity contribution in [3.63, 3.8) is 0 Å². The van der Waals surface area contributed by atoms with Gasteiger partial charge in [-0.25, -0.2) is 5.48 Å². The lowest BCUT2D eigenvalue weighted by molar-refractivity contribution is -0.116. The normalized spacial score (nSPS) is 11.6. The number of nitrogens with one attached hydrogen (secondary N) is 3. The number of anilines is 1. The maximum absolute atomic E-state index is 13.1. The number of carbonyl (C=O) groups excluding carboxylic acids is 3.